The van der Waals surface area contributed by atoms with Crippen LogP contribution in [0, 0.1) is 29.9 Å². The standard InChI is InChI=1S/C13H11F2N3/c1-7-17-11-5-10(14)9(6-16)12(15)13(11)18(7)8-3-2-4-8/h5,8H,2-4H2,1H3. The number of benzene rings is 1. The third-order valence-corrected chi connectivity index (χ3v) is 3.60. The molecule has 1 fully saturated rings. The van der Waals surface area contributed by atoms with E-state index in [2.05, 4.69) is 4.98 Å². The summed E-state index contributed by atoms with van der Waals surface area (Å²) in [6, 6.07) is 2.94. The molecule has 0 amide bonds. The summed E-state index contributed by atoms with van der Waals surface area (Å²) in [5, 5.41) is 8.81. The number of aromatic nitrogens is 2. The second-order valence-electron chi connectivity index (χ2n) is 4.64. The molecule has 1 aliphatic carbocycles. The Morgan fingerprint density at radius 1 is 1.44 bits per heavy atom. The fourth-order valence-corrected chi connectivity index (χ4v) is 2.49. The van der Waals surface area contributed by atoms with E-state index in [1.807, 2.05) is 0 Å². The molecule has 1 aromatic heterocycles. The molecule has 0 N–H and O–H groups in total. The Kier molecular flexibility index (Phi) is 2.34. The van der Waals surface area contributed by atoms with E-state index in [1.165, 1.54) is 0 Å². The van der Waals surface area contributed by atoms with E-state index >= 15 is 0 Å². The van der Waals surface area contributed by atoms with Gasteiger partial charge in [0.15, 0.2) is 5.82 Å². The van der Waals surface area contributed by atoms with Crippen molar-refractivity contribution in [2.45, 2.75) is 32.2 Å². The normalized spacial score (nSPS) is 15.7. The zero-order valence-corrected chi connectivity index (χ0v) is 9.87. The van der Waals surface area contributed by atoms with E-state index in [9.17, 15) is 8.78 Å². The molecule has 0 bridgehead atoms. The predicted octanol–water partition coefficient (Wildman–Crippen LogP) is 3.22. The summed E-state index contributed by atoms with van der Waals surface area (Å²) < 4.78 is 29.5. The highest BCUT2D eigenvalue weighted by molar-refractivity contribution is 5.79. The molecular formula is C13H11F2N3. The Bertz CT molecular complexity index is 678. The molecule has 0 radical (unpaired) electrons. The first kappa shape index (κ1) is 11.1. The molecule has 18 heavy (non-hydrogen) atoms. The Morgan fingerprint density at radius 3 is 2.72 bits per heavy atom. The van der Waals surface area contributed by atoms with Gasteiger partial charge < -0.3 is 4.57 Å². The fraction of sp³-hybridized carbons (Fsp3) is 0.385. The maximum absolute atomic E-state index is 14.2. The van der Waals surface area contributed by atoms with Crippen molar-refractivity contribution in [3.8, 4) is 6.07 Å². The summed E-state index contributed by atoms with van der Waals surface area (Å²) in [6.07, 6.45) is 3.06. The summed E-state index contributed by atoms with van der Waals surface area (Å²) in [4.78, 5) is 4.19. The molecular weight excluding hydrogens is 236 g/mol. The third kappa shape index (κ3) is 1.35. The molecule has 1 aliphatic rings. The quantitative estimate of drug-likeness (QED) is 0.776. The number of imidazole rings is 1. The van der Waals surface area contributed by atoms with Crippen LogP contribution < -0.4 is 0 Å². The van der Waals surface area contributed by atoms with Gasteiger partial charge in [0.2, 0.25) is 0 Å². The van der Waals surface area contributed by atoms with Crippen LogP contribution in [0.1, 0.15) is 36.7 Å². The maximum Gasteiger partial charge on any atom is 0.169 e. The zero-order valence-electron chi connectivity index (χ0n) is 9.87. The van der Waals surface area contributed by atoms with Crippen LogP contribution in [0.2, 0.25) is 0 Å². The number of nitriles is 1. The van der Waals surface area contributed by atoms with E-state index < -0.39 is 17.2 Å². The van der Waals surface area contributed by atoms with Gasteiger partial charge in [0, 0.05) is 12.1 Å². The second-order valence-corrected chi connectivity index (χ2v) is 4.64. The average molecular weight is 247 g/mol. The van der Waals surface area contributed by atoms with Crippen molar-refractivity contribution < 1.29 is 8.78 Å². The van der Waals surface area contributed by atoms with E-state index in [0.717, 1.165) is 25.3 Å². The molecule has 3 rings (SSSR count). The topological polar surface area (TPSA) is 41.6 Å². The number of nitrogens with zero attached hydrogens (tertiary/aromatic N) is 3. The predicted molar refractivity (Wildman–Crippen MR) is 62.0 cm³/mol. The first-order valence-corrected chi connectivity index (χ1v) is 5.90. The number of halogens is 2. The molecule has 0 unspecified atom stereocenters. The van der Waals surface area contributed by atoms with Gasteiger partial charge in [-0.05, 0) is 26.2 Å². The van der Waals surface area contributed by atoms with Crippen LogP contribution in [0.3, 0.4) is 0 Å². The lowest BCUT2D eigenvalue weighted by atomic mass is 9.92. The minimum Gasteiger partial charge on any atom is -0.323 e. The van der Waals surface area contributed by atoms with Crippen LogP contribution >= 0.6 is 0 Å². The van der Waals surface area contributed by atoms with E-state index in [4.69, 9.17) is 5.26 Å². The monoisotopic (exact) mass is 247 g/mol. The van der Waals surface area contributed by atoms with Crippen molar-refractivity contribution in [1.29, 1.82) is 5.26 Å². The first-order valence-electron chi connectivity index (χ1n) is 5.90. The minimum atomic E-state index is -0.847. The molecule has 0 spiro atoms. The zero-order chi connectivity index (χ0) is 12.9. The molecule has 0 saturated heterocycles. The van der Waals surface area contributed by atoms with Gasteiger partial charge in [0.1, 0.15) is 28.8 Å². The molecule has 5 heteroatoms. The molecule has 0 aliphatic heterocycles. The number of rotatable bonds is 1. The van der Waals surface area contributed by atoms with E-state index in [0.29, 0.717) is 5.82 Å². The summed E-state index contributed by atoms with van der Waals surface area (Å²) in [7, 11) is 0. The minimum absolute atomic E-state index is 0.224. The SMILES string of the molecule is Cc1nc2cc(F)c(C#N)c(F)c2n1C1CCC1. The van der Waals surface area contributed by atoms with Crippen molar-refractivity contribution >= 4 is 11.0 Å². The Labute approximate surface area is 103 Å². The lowest BCUT2D eigenvalue weighted by Gasteiger charge is -2.28. The summed E-state index contributed by atoms with van der Waals surface area (Å²) in [6.45, 7) is 1.78. The van der Waals surface area contributed by atoms with Gasteiger partial charge in [-0.15, -0.1) is 0 Å². The second kappa shape index (κ2) is 3.77. The van der Waals surface area contributed by atoms with Crippen molar-refractivity contribution in [2.24, 2.45) is 0 Å². The smallest absolute Gasteiger partial charge is 0.169 e. The lowest BCUT2D eigenvalue weighted by molar-refractivity contribution is 0.314. The van der Waals surface area contributed by atoms with Gasteiger partial charge in [0.05, 0.1) is 5.52 Å². The van der Waals surface area contributed by atoms with Gasteiger partial charge in [-0.3, -0.25) is 0 Å². The molecule has 1 saturated carbocycles. The van der Waals surface area contributed by atoms with E-state index in [1.54, 1.807) is 17.6 Å². The van der Waals surface area contributed by atoms with Crippen molar-refractivity contribution in [1.82, 2.24) is 9.55 Å². The maximum atomic E-state index is 14.2. The highest BCUT2D eigenvalue weighted by atomic mass is 19.1. The van der Waals surface area contributed by atoms with Crippen LogP contribution in [-0.4, -0.2) is 9.55 Å². The number of hydrogen-bond donors (Lipinski definition) is 0. The summed E-state index contributed by atoms with van der Waals surface area (Å²) >= 11 is 0. The molecule has 0 atom stereocenters. The van der Waals surface area contributed by atoms with Gasteiger partial charge >= 0.3 is 0 Å². The Balaban J connectivity index is 2.36. The van der Waals surface area contributed by atoms with Gasteiger partial charge in [-0.1, -0.05) is 0 Å². The van der Waals surface area contributed by atoms with Crippen LogP contribution in [-0.2, 0) is 0 Å². The molecule has 92 valence electrons. The van der Waals surface area contributed by atoms with Gasteiger partial charge in [-0.25, -0.2) is 13.8 Å². The van der Waals surface area contributed by atoms with E-state index in [-0.39, 0.29) is 17.1 Å². The fourth-order valence-electron chi connectivity index (χ4n) is 2.49. The molecule has 1 heterocycles. The van der Waals surface area contributed by atoms with Crippen LogP contribution in [0.15, 0.2) is 6.07 Å². The molecule has 3 nitrogen and oxygen atoms in total. The highest BCUT2D eigenvalue weighted by Gasteiger charge is 2.26. The summed E-state index contributed by atoms with van der Waals surface area (Å²) in [5.41, 5.74) is 0.0199. The van der Waals surface area contributed by atoms with Gasteiger partial charge in [0.25, 0.3) is 0 Å². The number of fused-ring (bicyclic) bond motifs is 1. The number of aryl methyl sites for hydroxylation is 1. The van der Waals surface area contributed by atoms with Crippen molar-refractivity contribution in [2.75, 3.05) is 0 Å². The lowest BCUT2D eigenvalue weighted by Crippen LogP contribution is -2.18. The van der Waals surface area contributed by atoms with Crippen LogP contribution in [0.4, 0.5) is 8.78 Å². The Hall–Kier alpha value is -1.96. The molecule has 1 aromatic carbocycles. The van der Waals surface area contributed by atoms with Gasteiger partial charge in [-0.2, -0.15) is 5.26 Å². The molecule has 2 aromatic rings. The third-order valence-electron chi connectivity index (χ3n) is 3.60. The van der Waals surface area contributed by atoms with Crippen molar-refractivity contribution in [3.63, 3.8) is 0 Å². The van der Waals surface area contributed by atoms with Crippen LogP contribution in [0.25, 0.3) is 11.0 Å². The van der Waals surface area contributed by atoms with Crippen molar-refractivity contribution in [3.05, 3.63) is 29.1 Å². The first-order chi connectivity index (χ1) is 8.63. The van der Waals surface area contributed by atoms with Crippen LogP contribution in [0.5, 0.6) is 0 Å². The largest absolute Gasteiger partial charge is 0.323 e. The average Bonchev–Trinajstić information content (AvgIpc) is 2.54. The summed E-state index contributed by atoms with van der Waals surface area (Å²) in [5.74, 6) is -0.969. The Morgan fingerprint density at radius 2 is 2.17 bits per heavy atom. The number of hydrogen-bond acceptors (Lipinski definition) is 2. The highest BCUT2D eigenvalue weighted by Crippen LogP contribution is 2.36.